The van der Waals surface area contributed by atoms with Crippen molar-refractivity contribution in [1.82, 2.24) is 4.90 Å². The fourth-order valence-electron chi connectivity index (χ4n) is 2.74. The molecular formula is C11H15F2NO. The first-order chi connectivity index (χ1) is 7.07. The first-order valence-corrected chi connectivity index (χ1v) is 5.01. The maximum absolute atomic E-state index is 12.5. The van der Waals surface area contributed by atoms with Crippen molar-refractivity contribution < 1.29 is 13.5 Å². The normalized spacial score (nSPS) is 31.1. The molecule has 0 aromatic carbocycles. The molecule has 0 N–H and O–H groups in total. The van der Waals surface area contributed by atoms with E-state index in [9.17, 15) is 8.78 Å². The molecule has 0 aliphatic carbocycles. The molecule has 0 aromatic rings. The van der Waals surface area contributed by atoms with Gasteiger partial charge in [-0.3, -0.25) is 4.90 Å². The zero-order valence-corrected chi connectivity index (χ0v) is 8.85. The summed E-state index contributed by atoms with van der Waals surface area (Å²) in [6.07, 6.45) is -0.328. The van der Waals surface area contributed by atoms with Gasteiger partial charge < -0.3 is 4.74 Å². The molecule has 0 spiro atoms. The van der Waals surface area contributed by atoms with E-state index in [0.29, 0.717) is 19.6 Å². The maximum atomic E-state index is 12.5. The summed E-state index contributed by atoms with van der Waals surface area (Å²) in [7, 11) is 1.61. The molecule has 0 radical (unpaired) electrons. The standard InChI is InChI=1S/C11H15F2NO/c1-8-3-11(7-15-2)4-9(10(12)13)6-14(11)5-8/h1,3-7H2,2H3. The molecular weight excluding hydrogens is 200 g/mol. The first-order valence-electron chi connectivity index (χ1n) is 5.01. The second-order valence-corrected chi connectivity index (χ2v) is 4.48. The van der Waals surface area contributed by atoms with Crippen LogP contribution in [0, 0.1) is 0 Å². The predicted molar refractivity (Wildman–Crippen MR) is 53.8 cm³/mol. The van der Waals surface area contributed by atoms with E-state index in [1.807, 2.05) is 0 Å². The van der Waals surface area contributed by atoms with Crippen LogP contribution in [0.4, 0.5) is 8.78 Å². The minimum Gasteiger partial charge on any atom is -0.383 e. The molecule has 0 aromatic heterocycles. The Labute approximate surface area is 88.2 Å². The number of nitrogens with zero attached hydrogens (tertiary/aromatic N) is 1. The van der Waals surface area contributed by atoms with E-state index in [4.69, 9.17) is 4.74 Å². The van der Waals surface area contributed by atoms with Crippen LogP contribution in [0.3, 0.4) is 0 Å². The van der Waals surface area contributed by atoms with Crippen molar-refractivity contribution in [2.45, 2.75) is 18.4 Å². The van der Waals surface area contributed by atoms with Gasteiger partial charge in [-0.15, -0.1) is 0 Å². The van der Waals surface area contributed by atoms with Crippen LogP contribution in [0.1, 0.15) is 12.8 Å². The number of hydrogen-bond acceptors (Lipinski definition) is 2. The molecule has 2 saturated heterocycles. The molecule has 1 unspecified atom stereocenters. The highest BCUT2D eigenvalue weighted by Gasteiger charge is 2.48. The van der Waals surface area contributed by atoms with E-state index in [-0.39, 0.29) is 11.1 Å². The molecule has 2 aliphatic heterocycles. The Bertz CT molecular complexity index is 323. The molecule has 84 valence electrons. The Morgan fingerprint density at radius 2 is 2.20 bits per heavy atom. The predicted octanol–water partition coefficient (Wildman–Crippen LogP) is 2.19. The Morgan fingerprint density at radius 3 is 2.80 bits per heavy atom. The average molecular weight is 215 g/mol. The Kier molecular flexibility index (Phi) is 2.64. The number of ether oxygens (including phenoxy) is 1. The van der Waals surface area contributed by atoms with Gasteiger partial charge in [-0.2, -0.15) is 8.78 Å². The fourth-order valence-corrected chi connectivity index (χ4v) is 2.74. The van der Waals surface area contributed by atoms with Crippen molar-refractivity contribution in [3.8, 4) is 0 Å². The van der Waals surface area contributed by atoms with Gasteiger partial charge in [0.15, 0.2) is 0 Å². The molecule has 0 bridgehead atoms. The van der Waals surface area contributed by atoms with Crippen LogP contribution in [0.2, 0.25) is 0 Å². The van der Waals surface area contributed by atoms with E-state index in [1.165, 1.54) is 0 Å². The lowest BCUT2D eigenvalue weighted by Crippen LogP contribution is -2.42. The molecule has 15 heavy (non-hydrogen) atoms. The number of fused-ring (bicyclic) bond motifs is 1. The summed E-state index contributed by atoms with van der Waals surface area (Å²) in [6.45, 7) is 5.52. The van der Waals surface area contributed by atoms with Crippen molar-refractivity contribution in [2.24, 2.45) is 0 Å². The van der Waals surface area contributed by atoms with Crippen molar-refractivity contribution in [1.29, 1.82) is 0 Å². The van der Waals surface area contributed by atoms with Crippen LogP contribution in [-0.2, 0) is 4.74 Å². The third-order valence-electron chi connectivity index (χ3n) is 3.27. The van der Waals surface area contributed by atoms with Crippen LogP contribution >= 0.6 is 0 Å². The Morgan fingerprint density at radius 1 is 1.47 bits per heavy atom. The third-order valence-corrected chi connectivity index (χ3v) is 3.27. The fraction of sp³-hybridized carbons (Fsp3) is 0.636. The summed E-state index contributed by atoms with van der Waals surface area (Å²) in [5.41, 5.74) is 1.13. The maximum Gasteiger partial charge on any atom is 0.270 e. The molecule has 2 fully saturated rings. The van der Waals surface area contributed by atoms with Crippen molar-refractivity contribution in [3.05, 3.63) is 23.8 Å². The highest BCUT2D eigenvalue weighted by molar-refractivity contribution is 5.28. The van der Waals surface area contributed by atoms with Gasteiger partial charge >= 0.3 is 0 Å². The molecule has 2 rings (SSSR count). The van der Waals surface area contributed by atoms with E-state index in [0.717, 1.165) is 18.5 Å². The minimum absolute atomic E-state index is 0.245. The van der Waals surface area contributed by atoms with Crippen LogP contribution < -0.4 is 0 Å². The number of hydrogen-bond donors (Lipinski definition) is 0. The molecule has 2 nitrogen and oxygen atoms in total. The summed E-state index contributed by atoms with van der Waals surface area (Å²) >= 11 is 0. The smallest absolute Gasteiger partial charge is 0.270 e. The number of rotatable bonds is 2. The van der Waals surface area contributed by atoms with Gasteiger partial charge in [0.1, 0.15) is 0 Å². The first kappa shape index (κ1) is 10.8. The van der Waals surface area contributed by atoms with Crippen molar-refractivity contribution in [2.75, 3.05) is 26.8 Å². The molecule has 4 heteroatoms. The van der Waals surface area contributed by atoms with Gasteiger partial charge in [-0.1, -0.05) is 12.2 Å². The monoisotopic (exact) mass is 215 g/mol. The van der Waals surface area contributed by atoms with Crippen LogP contribution in [-0.4, -0.2) is 37.2 Å². The Hall–Kier alpha value is -0.740. The SMILES string of the molecule is C=C1CN2CC(=C(F)F)CC2(COC)C1. The summed E-state index contributed by atoms with van der Waals surface area (Å²) in [4.78, 5) is 2.06. The van der Waals surface area contributed by atoms with Gasteiger partial charge in [0.25, 0.3) is 6.08 Å². The zero-order valence-electron chi connectivity index (χ0n) is 8.85. The second kappa shape index (κ2) is 3.68. The topological polar surface area (TPSA) is 12.5 Å². The molecule has 2 aliphatic rings. The van der Waals surface area contributed by atoms with Gasteiger partial charge in [-0.25, -0.2) is 0 Å². The van der Waals surface area contributed by atoms with Crippen LogP contribution in [0.5, 0.6) is 0 Å². The van der Waals surface area contributed by atoms with E-state index in [2.05, 4.69) is 11.5 Å². The molecule has 0 amide bonds. The van der Waals surface area contributed by atoms with Crippen molar-refractivity contribution in [3.63, 3.8) is 0 Å². The lowest BCUT2D eigenvalue weighted by atomic mass is 9.92. The van der Waals surface area contributed by atoms with Gasteiger partial charge in [-0.05, 0) is 12.8 Å². The lowest BCUT2D eigenvalue weighted by Gasteiger charge is -2.29. The van der Waals surface area contributed by atoms with Crippen LogP contribution in [0.25, 0.3) is 0 Å². The molecule has 1 atom stereocenters. The summed E-state index contributed by atoms with van der Waals surface area (Å²) in [5, 5.41) is 0. The number of methoxy groups -OCH3 is 1. The van der Waals surface area contributed by atoms with E-state index in [1.54, 1.807) is 7.11 Å². The third kappa shape index (κ3) is 1.72. The Balaban J connectivity index is 2.24. The highest BCUT2D eigenvalue weighted by atomic mass is 19.3. The minimum atomic E-state index is -1.52. The molecule has 2 heterocycles. The zero-order chi connectivity index (χ0) is 11.1. The number of halogens is 2. The van der Waals surface area contributed by atoms with E-state index >= 15 is 0 Å². The van der Waals surface area contributed by atoms with Gasteiger partial charge in [0.2, 0.25) is 0 Å². The van der Waals surface area contributed by atoms with Crippen LogP contribution in [0.15, 0.2) is 23.8 Å². The average Bonchev–Trinajstić information content (AvgIpc) is 2.57. The summed E-state index contributed by atoms with van der Waals surface area (Å²) < 4.78 is 30.2. The largest absolute Gasteiger partial charge is 0.383 e. The van der Waals surface area contributed by atoms with E-state index < -0.39 is 6.08 Å². The van der Waals surface area contributed by atoms with Gasteiger partial charge in [0, 0.05) is 25.8 Å². The quantitative estimate of drug-likeness (QED) is 0.655. The lowest BCUT2D eigenvalue weighted by molar-refractivity contribution is 0.0657. The second-order valence-electron chi connectivity index (χ2n) is 4.48. The summed E-state index contributed by atoms with van der Waals surface area (Å²) in [5.74, 6) is 0. The highest BCUT2D eigenvalue weighted by Crippen LogP contribution is 2.44. The van der Waals surface area contributed by atoms with Crippen molar-refractivity contribution >= 4 is 0 Å². The summed E-state index contributed by atoms with van der Waals surface area (Å²) in [6, 6.07) is 0. The van der Waals surface area contributed by atoms with Gasteiger partial charge in [0.05, 0.1) is 12.1 Å². The molecule has 0 saturated carbocycles.